The molecule has 0 aliphatic carbocycles. The van der Waals surface area contributed by atoms with E-state index in [-0.39, 0.29) is 17.5 Å². The zero-order valence-corrected chi connectivity index (χ0v) is 9.50. The number of carbonyl (C=O) groups excluding carboxylic acids is 1. The van der Waals surface area contributed by atoms with Gasteiger partial charge in [0, 0.05) is 13.7 Å². The molecule has 5 nitrogen and oxygen atoms in total. The van der Waals surface area contributed by atoms with Crippen LogP contribution in [-0.2, 0) is 4.74 Å². The molecule has 1 unspecified atom stereocenters. The van der Waals surface area contributed by atoms with Crippen molar-refractivity contribution >= 4 is 11.7 Å². The molecule has 92 valence electrons. The Bertz CT molecular complexity index is 419. The average molecular weight is 239 g/mol. The third-order valence-electron chi connectivity index (χ3n) is 2.60. The van der Waals surface area contributed by atoms with Crippen LogP contribution in [0.4, 0.5) is 10.2 Å². The minimum atomic E-state index is -0.531. The third-order valence-corrected chi connectivity index (χ3v) is 2.60. The highest BCUT2D eigenvalue weighted by molar-refractivity contribution is 5.98. The molecule has 0 aromatic carbocycles. The van der Waals surface area contributed by atoms with Crippen molar-refractivity contribution in [3.05, 3.63) is 23.6 Å². The van der Waals surface area contributed by atoms with E-state index < -0.39 is 5.82 Å². The van der Waals surface area contributed by atoms with E-state index in [0.29, 0.717) is 19.0 Å². The van der Waals surface area contributed by atoms with E-state index in [2.05, 4.69) is 15.6 Å². The Morgan fingerprint density at radius 3 is 3.12 bits per heavy atom. The van der Waals surface area contributed by atoms with Gasteiger partial charge in [0.2, 0.25) is 0 Å². The van der Waals surface area contributed by atoms with E-state index in [1.165, 1.54) is 6.07 Å². The first kappa shape index (κ1) is 11.8. The van der Waals surface area contributed by atoms with Gasteiger partial charge in [-0.25, -0.2) is 9.37 Å². The number of halogens is 1. The molecule has 1 aromatic heterocycles. The van der Waals surface area contributed by atoms with Crippen LogP contribution in [0.2, 0.25) is 0 Å². The highest BCUT2D eigenvalue weighted by Crippen LogP contribution is 2.14. The predicted octanol–water partition coefficient (Wildman–Crippen LogP) is 0.781. The van der Waals surface area contributed by atoms with Crippen LogP contribution >= 0.6 is 0 Å². The van der Waals surface area contributed by atoms with Crippen molar-refractivity contribution in [2.45, 2.75) is 12.5 Å². The lowest BCUT2D eigenvalue weighted by atomic mass is 10.2. The predicted molar refractivity (Wildman–Crippen MR) is 60.4 cm³/mol. The molecule has 1 fully saturated rings. The molecule has 1 aliphatic heterocycles. The summed E-state index contributed by atoms with van der Waals surface area (Å²) in [6, 6.07) is 1.17. The quantitative estimate of drug-likeness (QED) is 0.818. The fourth-order valence-electron chi connectivity index (χ4n) is 1.72. The highest BCUT2D eigenvalue weighted by atomic mass is 19.1. The lowest BCUT2D eigenvalue weighted by Gasteiger charge is -2.12. The van der Waals surface area contributed by atoms with Gasteiger partial charge in [0.05, 0.1) is 24.4 Å². The van der Waals surface area contributed by atoms with Crippen LogP contribution in [-0.4, -0.2) is 37.2 Å². The summed E-state index contributed by atoms with van der Waals surface area (Å²) in [6.45, 7) is 1.15. The Labute approximate surface area is 98.4 Å². The normalized spacial score (nSPS) is 19.1. The number of carbonyl (C=O) groups is 1. The van der Waals surface area contributed by atoms with E-state index in [9.17, 15) is 9.18 Å². The second kappa shape index (κ2) is 5.09. The minimum Gasteiger partial charge on any atom is -0.379 e. The maximum atomic E-state index is 13.1. The molecule has 17 heavy (non-hydrogen) atoms. The standard InChI is InChI=1S/C11H14FN3O2/c1-13-10-9(4-7(12)5-14-10)11(16)15-8-2-3-17-6-8/h4-5,8H,2-3,6H2,1H3,(H,13,14)(H,15,16). The largest absolute Gasteiger partial charge is 0.379 e. The summed E-state index contributed by atoms with van der Waals surface area (Å²) in [4.78, 5) is 15.7. The van der Waals surface area contributed by atoms with E-state index >= 15 is 0 Å². The molecular weight excluding hydrogens is 225 g/mol. The van der Waals surface area contributed by atoms with Crippen LogP contribution in [0.25, 0.3) is 0 Å². The van der Waals surface area contributed by atoms with Gasteiger partial charge in [-0.15, -0.1) is 0 Å². The molecule has 1 amide bonds. The van der Waals surface area contributed by atoms with Crippen molar-refractivity contribution in [1.29, 1.82) is 0 Å². The van der Waals surface area contributed by atoms with Crippen LogP contribution in [0.15, 0.2) is 12.3 Å². The molecule has 0 saturated carbocycles. The SMILES string of the molecule is CNc1ncc(F)cc1C(=O)NC1CCOC1. The fourth-order valence-corrected chi connectivity index (χ4v) is 1.72. The van der Waals surface area contributed by atoms with Gasteiger partial charge in [-0.1, -0.05) is 0 Å². The molecule has 2 N–H and O–H groups in total. The lowest BCUT2D eigenvalue weighted by molar-refractivity contribution is 0.0930. The second-order valence-corrected chi connectivity index (χ2v) is 3.83. The van der Waals surface area contributed by atoms with Crippen molar-refractivity contribution in [1.82, 2.24) is 10.3 Å². The monoisotopic (exact) mass is 239 g/mol. The molecule has 1 saturated heterocycles. The smallest absolute Gasteiger partial charge is 0.255 e. The van der Waals surface area contributed by atoms with Gasteiger partial charge < -0.3 is 15.4 Å². The maximum absolute atomic E-state index is 13.1. The van der Waals surface area contributed by atoms with Gasteiger partial charge in [-0.05, 0) is 12.5 Å². The molecule has 0 bridgehead atoms. The summed E-state index contributed by atoms with van der Waals surface area (Å²) in [7, 11) is 1.63. The Morgan fingerprint density at radius 2 is 2.47 bits per heavy atom. The summed E-state index contributed by atoms with van der Waals surface area (Å²) in [5, 5.41) is 5.55. The van der Waals surface area contributed by atoms with Crippen LogP contribution < -0.4 is 10.6 Å². The van der Waals surface area contributed by atoms with Crippen molar-refractivity contribution in [2.24, 2.45) is 0 Å². The number of hydrogen-bond donors (Lipinski definition) is 2. The number of amides is 1. The molecule has 6 heteroatoms. The Morgan fingerprint density at radius 1 is 1.65 bits per heavy atom. The van der Waals surface area contributed by atoms with Gasteiger partial charge in [-0.3, -0.25) is 4.79 Å². The number of nitrogens with one attached hydrogen (secondary N) is 2. The molecule has 1 aromatic rings. The third kappa shape index (κ3) is 2.71. The summed E-state index contributed by atoms with van der Waals surface area (Å²) < 4.78 is 18.2. The number of rotatable bonds is 3. The van der Waals surface area contributed by atoms with Crippen molar-refractivity contribution < 1.29 is 13.9 Å². The first-order valence-electron chi connectivity index (χ1n) is 5.42. The topological polar surface area (TPSA) is 63.2 Å². The molecule has 0 spiro atoms. The molecule has 2 rings (SSSR count). The van der Waals surface area contributed by atoms with Gasteiger partial charge >= 0.3 is 0 Å². The van der Waals surface area contributed by atoms with Crippen LogP contribution in [0, 0.1) is 5.82 Å². The zero-order valence-electron chi connectivity index (χ0n) is 9.50. The molecular formula is C11H14FN3O2. The van der Waals surface area contributed by atoms with E-state index in [0.717, 1.165) is 12.6 Å². The Kier molecular flexibility index (Phi) is 3.53. The minimum absolute atomic E-state index is 0.00419. The van der Waals surface area contributed by atoms with E-state index in [1.807, 2.05) is 0 Å². The number of hydrogen-bond acceptors (Lipinski definition) is 4. The van der Waals surface area contributed by atoms with Gasteiger partial charge in [0.1, 0.15) is 11.6 Å². The first-order chi connectivity index (χ1) is 8.20. The summed E-state index contributed by atoms with van der Waals surface area (Å²) in [5.41, 5.74) is 0.208. The Balaban J connectivity index is 2.14. The molecule has 1 atom stereocenters. The number of nitrogens with zero attached hydrogens (tertiary/aromatic N) is 1. The summed E-state index contributed by atoms with van der Waals surface area (Å²) >= 11 is 0. The van der Waals surface area contributed by atoms with E-state index in [4.69, 9.17) is 4.74 Å². The Hall–Kier alpha value is -1.69. The summed E-state index contributed by atoms with van der Waals surface area (Å²) in [6.07, 6.45) is 1.85. The average Bonchev–Trinajstić information content (AvgIpc) is 2.81. The maximum Gasteiger partial charge on any atom is 0.255 e. The van der Waals surface area contributed by atoms with Gasteiger partial charge in [-0.2, -0.15) is 0 Å². The number of aromatic nitrogens is 1. The molecule has 0 radical (unpaired) electrons. The fraction of sp³-hybridized carbons (Fsp3) is 0.455. The molecule has 2 heterocycles. The van der Waals surface area contributed by atoms with E-state index in [1.54, 1.807) is 7.05 Å². The van der Waals surface area contributed by atoms with Crippen LogP contribution in [0.5, 0.6) is 0 Å². The second-order valence-electron chi connectivity index (χ2n) is 3.83. The van der Waals surface area contributed by atoms with Gasteiger partial charge in [0.15, 0.2) is 0 Å². The first-order valence-corrected chi connectivity index (χ1v) is 5.42. The van der Waals surface area contributed by atoms with Crippen molar-refractivity contribution in [3.63, 3.8) is 0 Å². The van der Waals surface area contributed by atoms with Crippen molar-refractivity contribution in [2.75, 3.05) is 25.6 Å². The number of ether oxygens (including phenoxy) is 1. The van der Waals surface area contributed by atoms with Crippen LogP contribution in [0.3, 0.4) is 0 Å². The number of anilines is 1. The number of pyridine rings is 1. The van der Waals surface area contributed by atoms with Gasteiger partial charge in [0.25, 0.3) is 5.91 Å². The summed E-state index contributed by atoms with van der Waals surface area (Å²) in [5.74, 6) is -0.503. The van der Waals surface area contributed by atoms with Crippen LogP contribution in [0.1, 0.15) is 16.8 Å². The zero-order chi connectivity index (χ0) is 12.3. The highest BCUT2D eigenvalue weighted by Gasteiger charge is 2.20. The van der Waals surface area contributed by atoms with Crippen molar-refractivity contribution in [3.8, 4) is 0 Å². The molecule has 1 aliphatic rings. The lowest BCUT2D eigenvalue weighted by Crippen LogP contribution is -2.35.